The Labute approximate surface area is 115 Å². The van der Waals surface area contributed by atoms with Gasteiger partial charge in [0, 0.05) is 32.4 Å². The van der Waals surface area contributed by atoms with Gasteiger partial charge in [0.25, 0.3) is 5.91 Å². The van der Waals surface area contributed by atoms with Gasteiger partial charge in [0.1, 0.15) is 5.69 Å². The second-order valence-electron chi connectivity index (χ2n) is 5.90. The fraction of sp³-hybridized carbons (Fsp3) is 0.643. The second kappa shape index (κ2) is 4.89. The van der Waals surface area contributed by atoms with Crippen molar-refractivity contribution in [3.05, 3.63) is 18.0 Å². The van der Waals surface area contributed by atoms with Gasteiger partial charge < -0.3 is 20.1 Å². The average Bonchev–Trinajstić information content (AvgIpc) is 2.61. The minimum atomic E-state index is 0.0346. The molecule has 19 heavy (non-hydrogen) atoms. The molecule has 0 radical (unpaired) electrons. The molecule has 2 N–H and O–H groups in total. The number of anilines is 1. The number of hydrogen-bond donors (Lipinski definition) is 1. The van der Waals surface area contributed by atoms with E-state index in [1.165, 1.54) is 6.42 Å². The zero-order valence-electron chi connectivity index (χ0n) is 12.3. The highest BCUT2D eigenvalue weighted by atomic mass is 16.2. The van der Waals surface area contributed by atoms with Gasteiger partial charge in [-0.1, -0.05) is 0 Å². The lowest BCUT2D eigenvalue weighted by atomic mass is 9.75. The van der Waals surface area contributed by atoms with E-state index in [1.807, 2.05) is 19.0 Å². The van der Waals surface area contributed by atoms with Crippen molar-refractivity contribution in [3.63, 3.8) is 0 Å². The number of aromatic nitrogens is 1. The quantitative estimate of drug-likeness (QED) is 0.888. The number of carbonyl (C=O) groups excluding carboxylic acids is 1. The summed E-state index contributed by atoms with van der Waals surface area (Å²) in [4.78, 5) is 16.5. The van der Waals surface area contributed by atoms with Crippen LogP contribution in [0.3, 0.4) is 0 Å². The highest BCUT2D eigenvalue weighted by Gasteiger charge is 2.40. The normalized spacial score (nSPS) is 17.3. The fourth-order valence-corrected chi connectivity index (χ4v) is 2.84. The molecule has 0 saturated heterocycles. The number of aryl methyl sites for hydroxylation is 1. The predicted molar refractivity (Wildman–Crippen MR) is 77.1 cm³/mol. The van der Waals surface area contributed by atoms with Crippen LogP contribution in [0, 0.1) is 0 Å². The maximum Gasteiger partial charge on any atom is 0.270 e. The van der Waals surface area contributed by atoms with E-state index in [4.69, 9.17) is 5.73 Å². The van der Waals surface area contributed by atoms with Crippen molar-refractivity contribution in [1.82, 2.24) is 14.4 Å². The van der Waals surface area contributed by atoms with E-state index in [9.17, 15) is 4.79 Å². The van der Waals surface area contributed by atoms with Gasteiger partial charge in [-0.3, -0.25) is 4.79 Å². The Hall–Kier alpha value is -1.49. The molecule has 1 aliphatic rings. The number of carbonyl (C=O) groups is 1. The highest BCUT2D eigenvalue weighted by molar-refractivity contribution is 5.93. The topological polar surface area (TPSA) is 54.5 Å². The molecular weight excluding hydrogens is 240 g/mol. The molecule has 1 fully saturated rings. The van der Waals surface area contributed by atoms with Gasteiger partial charge in [-0.15, -0.1) is 0 Å². The molecule has 0 aliphatic heterocycles. The Bertz CT molecular complexity index is 474. The van der Waals surface area contributed by atoms with Crippen LogP contribution in [-0.4, -0.2) is 53.5 Å². The van der Waals surface area contributed by atoms with Crippen molar-refractivity contribution in [1.29, 1.82) is 0 Å². The first-order chi connectivity index (χ1) is 8.85. The maximum absolute atomic E-state index is 12.5. The van der Waals surface area contributed by atoms with Crippen LogP contribution in [0.1, 0.15) is 29.8 Å². The zero-order chi connectivity index (χ0) is 14.2. The molecule has 0 atom stereocenters. The number of nitrogens with two attached hydrogens (primary N) is 1. The lowest BCUT2D eigenvalue weighted by molar-refractivity contribution is 0.0248. The van der Waals surface area contributed by atoms with Crippen LogP contribution in [0.15, 0.2) is 12.3 Å². The monoisotopic (exact) mass is 264 g/mol. The minimum Gasteiger partial charge on any atom is -0.397 e. The first kappa shape index (κ1) is 13.9. The molecule has 1 amide bonds. The van der Waals surface area contributed by atoms with Crippen molar-refractivity contribution >= 4 is 11.6 Å². The Morgan fingerprint density at radius 3 is 2.42 bits per heavy atom. The minimum absolute atomic E-state index is 0.0346. The number of nitrogens with zero attached hydrogens (tertiary/aromatic N) is 3. The van der Waals surface area contributed by atoms with Gasteiger partial charge in [0.2, 0.25) is 0 Å². The first-order valence-corrected chi connectivity index (χ1v) is 6.70. The van der Waals surface area contributed by atoms with Gasteiger partial charge in [-0.2, -0.15) is 0 Å². The van der Waals surface area contributed by atoms with Gasteiger partial charge in [-0.25, -0.2) is 0 Å². The summed E-state index contributed by atoms with van der Waals surface area (Å²) in [5.74, 6) is 0.0346. The summed E-state index contributed by atoms with van der Waals surface area (Å²) in [6, 6.07) is 1.74. The standard InChI is InChI=1S/C14H24N4O/c1-16(2)14(6-5-7-14)10-18(4)13(19)12-8-11(15)9-17(12)3/h8-9H,5-7,10,15H2,1-4H3. The molecule has 106 valence electrons. The summed E-state index contributed by atoms with van der Waals surface area (Å²) < 4.78 is 1.79. The smallest absolute Gasteiger partial charge is 0.270 e. The van der Waals surface area contributed by atoms with E-state index in [1.54, 1.807) is 16.8 Å². The third-order valence-corrected chi connectivity index (χ3v) is 4.36. The Kier molecular flexibility index (Phi) is 3.58. The molecule has 1 aromatic heterocycles. The Morgan fingerprint density at radius 1 is 1.42 bits per heavy atom. The van der Waals surface area contributed by atoms with Crippen LogP contribution in [-0.2, 0) is 7.05 Å². The van der Waals surface area contributed by atoms with E-state index >= 15 is 0 Å². The average molecular weight is 264 g/mol. The van der Waals surface area contributed by atoms with Crippen LogP contribution in [0.2, 0.25) is 0 Å². The van der Waals surface area contributed by atoms with Gasteiger partial charge in [-0.05, 0) is 39.4 Å². The number of rotatable bonds is 4. The lowest BCUT2D eigenvalue weighted by Gasteiger charge is -2.49. The fourth-order valence-electron chi connectivity index (χ4n) is 2.84. The summed E-state index contributed by atoms with van der Waals surface area (Å²) in [6.45, 7) is 0.768. The second-order valence-corrected chi connectivity index (χ2v) is 5.90. The summed E-state index contributed by atoms with van der Waals surface area (Å²) in [7, 11) is 7.91. The summed E-state index contributed by atoms with van der Waals surface area (Å²) >= 11 is 0. The summed E-state index contributed by atoms with van der Waals surface area (Å²) in [5.41, 5.74) is 7.16. The van der Waals surface area contributed by atoms with Crippen LogP contribution in [0.4, 0.5) is 5.69 Å². The SMILES string of the molecule is CN(CC1(N(C)C)CCC1)C(=O)c1cc(N)cn1C. The molecule has 1 heterocycles. The molecule has 1 aliphatic carbocycles. The van der Waals surface area contributed by atoms with E-state index in [-0.39, 0.29) is 11.4 Å². The largest absolute Gasteiger partial charge is 0.397 e. The predicted octanol–water partition coefficient (Wildman–Crippen LogP) is 1.16. The van der Waals surface area contributed by atoms with Crippen LogP contribution in [0.25, 0.3) is 0 Å². The van der Waals surface area contributed by atoms with Crippen LogP contribution >= 0.6 is 0 Å². The maximum atomic E-state index is 12.5. The van der Waals surface area contributed by atoms with Crippen molar-refractivity contribution in [2.45, 2.75) is 24.8 Å². The van der Waals surface area contributed by atoms with Gasteiger partial charge in [0.15, 0.2) is 0 Å². The molecule has 1 aromatic rings. The molecule has 0 spiro atoms. The number of hydrogen-bond acceptors (Lipinski definition) is 3. The molecule has 0 unspecified atom stereocenters. The lowest BCUT2D eigenvalue weighted by Crippen LogP contribution is -2.57. The molecular formula is C14H24N4O. The number of likely N-dealkylation sites (N-methyl/N-ethyl adjacent to an activating group) is 2. The molecule has 0 bridgehead atoms. The Morgan fingerprint density at radius 2 is 2.05 bits per heavy atom. The molecule has 2 rings (SSSR count). The first-order valence-electron chi connectivity index (χ1n) is 6.70. The summed E-state index contributed by atoms with van der Waals surface area (Å²) in [6.07, 6.45) is 5.34. The van der Waals surface area contributed by atoms with Crippen LogP contribution in [0.5, 0.6) is 0 Å². The van der Waals surface area contributed by atoms with Gasteiger partial charge in [0.05, 0.1) is 5.69 Å². The summed E-state index contributed by atoms with van der Waals surface area (Å²) in [5, 5.41) is 0. The van der Waals surface area contributed by atoms with Crippen molar-refractivity contribution in [2.24, 2.45) is 7.05 Å². The molecule has 5 heteroatoms. The van der Waals surface area contributed by atoms with E-state index in [0.29, 0.717) is 11.4 Å². The highest BCUT2D eigenvalue weighted by Crippen LogP contribution is 2.36. The van der Waals surface area contributed by atoms with Crippen molar-refractivity contribution in [3.8, 4) is 0 Å². The van der Waals surface area contributed by atoms with E-state index in [2.05, 4.69) is 19.0 Å². The zero-order valence-corrected chi connectivity index (χ0v) is 12.3. The number of amides is 1. The van der Waals surface area contributed by atoms with E-state index < -0.39 is 0 Å². The molecule has 1 saturated carbocycles. The molecule has 0 aromatic carbocycles. The van der Waals surface area contributed by atoms with Crippen molar-refractivity contribution in [2.75, 3.05) is 33.4 Å². The Balaban J connectivity index is 2.10. The van der Waals surface area contributed by atoms with Crippen molar-refractivity contribution < 1.29 is 4.79 Å². The third kappa shape index (κ3) is 2.47. The van der Waals surface area contributed by atoms with E-state index in [0.717, 1.165) is 19.4 Å². The molecule has 5 nitrogen and oxygen atoms in total. The number of nitrogen functional groups attached to an aromatic ring is 1. The van der Waals surface area contributed by atoms with Gasteiger partial charge >= 0.3 is 0 Å². The van der Waals surface area contributed by atoms with Crippen LogP contribution < -0.4 is 5.73 Å². The third-order valence-electron chi connectivity index (χ3n) is 4.36.